The van der Waals surface area contributed by atoms with Gasteiger partial charge in [0, 0.05) is 5.69 Å². The van der Waals surface area contributed by atoms with Gasteiger partial charge in [0.15, 0.2) is 0 Å². The zero-order valence-corrected chi connectivity index (χ0v) is 13.8. The lowest BCUT2D eigenvalue weighted by Gasteiger charge is -2.09. The number of nitrogens with zero attached hydrogens (tertiary/aromatic N) is 4. The topological polar surface area (TPSA) is 72.7 Å². The highest BCUT2D eigenvalue weighted by Crippen LogP contribution is 2.17. The van der Waals surface area contributed by atoms with E-state index in [-0.39, 0.29) is 5.69 Å². The van der Waals surface area contributed by atoms with Crippen molar-refractivity contribution < 1.29 is 13.6 Å². The predicted molar refractivity (Wildman–Crippen MR) is 87.7 cm³/mol. The van der Waals surface area contributed by atoms with Crippen LogP contribution in [0.2, 0.25) is 0 Å². The van der Waals surface area contributed by atoms with Crippen LogP contribution in [0.1, 0.15) is 27.6 Å². The van der Waals surface area contributed by atoms with Gasteiger partial charge < -0.3 is 5.32 Å². The van der Waals surface area contributed by atoms with Gasteiger partial charge in [0.25, 0.3) is 5.91 Å². The van der Waals surface area contributed by atoms with Crippen LogP contribution in [0.25, 0.3) is 5.95 Å². The van der Waals surface area contributed by atoms with Crippen LogP contribution in [-0.2, 0) is 0 Å². The number of halogens is 2. The van der Waals surface area contributed by atoms with Crippen molar-refractivity contribution in [2.45, 2.75) is 20.8 Å². The van der Waals surface area contributed by atoms with E-state index in [0.29, 0.717) is 5.95 Å². The lowest BCUT2D eigenvalue weighted by atomic mass is 10.2. The van der Waals surface area contributed by atoms with E-state index in [2.05, 4.69) is 20.3 Å². The molecule has 1 amide bonds. The number of benzene rings is 1. The number of imidazole rings is 1. The first-order valence-corrected chi connectivity index (χ1v) is 7.49. The molecule has 0 aliphatic rings. The van der Waals surface area contributed by atoms with Crippen LogP contribution >= 0.6 is 0 Å². The summed E-state index contributed by atoms with van der Waals surface area (Å²) in [5, 5.41) is 2.38. The van der Waals surface area contributed by atoms with Gasteiger partial charge in [-0.25, -0.2) is 23.7 Å². The fourth-order valence-electron chi connectivity index (χ4n) is 2.48. The number of nitrogens with one attached hydrogen (secondary N) is 1. The second kappa shape index (κ2) is 6.39. The summed E-state index contributed by atoms with van der Waals surface area (Å²) in [7, 11) is 0. The first kappa shape index (κ1) is 16.7. The minimum absolute atomic E-state index is 0.226. The summed E-state index contributed by atoms with van der Waals surface area (Å²) in [6.45, 7) is 5.62. The number of aryl methyl sites for hydroxylation is 2. The Hall–Kier alpha value is -3.16. The Bertz CT molecular complexity index is 930. The molecule has 128 valence electrons. The average molecular weight is 343 g/mol. The first-order chi connectivity index (χ1) is 11.9. The maximum atomic E-state index is 13.6. The van der Waals surface area contributed by atoms with E-state index in [4.69, 9.17) is 0 Å². The molecule has 0 aliphatic carbocycles. The standard InChI is InChI=1S/C17H15F2N5O/c1-9-10(2)24(11(3)22-9)17-20-7-12(8-21-17)23-16(25)15-13(18)5-4-6-14(15)19/h4-8H,1-3H3,(H,23,25). The molecule has 2 aromatic heterocycles. The molecule has 8 heteroatoms. The molecule has 3 aromatic rings. The molecule has 0 radical (unpaired) electrons. The Morgan fingerprint density at radius 1 is 1.08 bits per heavy atom. The van der Waals surface area contributed by atoms with Gasteiger partial charge in [-0.3, -0.25) is 9.36 Å². The van der Waals surface area contributed by atoms with Crippen molar-refractivity contribution in [3.8, 4) is 5.95 Å². The molecule has 6 nitrogen and oxygen atoms in total. The normalized spacial score (nSPS) is 10.8. The molecular formula is C17H15F2N5O. The van der Waals surface area contributed by atoms with Crippen LogP contribution in [0.5, 0.6) is 0 Å². The Morgan fingerprint density at radius 3 is 2.20 bits per heavy atom. The number of rotatable bonds is 3. The van der Waals surface area contributed by atoms with Crippen LogP contribution in [0, 0.1) is 32.4 Å². The van der Waals surface area contributed by atoms with Crippen molar-refractivity contribution in [2.75, 3.05) is 5.32 Å². The molecule has 0 atom stereocenters. The highest BCUT2D eigenvalue weighted by atomic mass is 19.1. The number of carbonyl (C=O) groups is 1. The van der Waals surface area contributed by atoms with E-state index in [1.54, 1.807) is 4.57 Å². The van der Waals surface area contributed by atoms with Gasteiger partial charge in [-0.2, -0.15) is 0 Å². The quantitative estimate of drug-likeness (QED) is 0.793. The lowest BCUT2D eigenvalue weighted by molar-refractivity contribution is 0.101. The summed E-state index contributed by atoms with van der Waals surface area (Å²) in [5.74, 6) is -1.64. The fraction of sp³-hybridized carbons (Fsp3) is 0.176. The van der Waals surface area contributed by atoms with Crippen LogP contribution in [-0.4, -0.2) is 25.4 Å². The highest BCUT2D eigenvalue weighted by molar-refractivity contribution is 6.04. The third kappa shape index (κ3) is 3.10. The fourth-order valence-corrected chi connectivity index (χ4v) is 2.48. The molecule has 25 heavy (non-hydrogen) atoms. The molecule has 0 spiro atoms. The maximum Gasteiger partial charge on any atom is 0.261 e. The van der Waals surface area contributed by atoms with E-state index < -0.39 is 23.1 Å². The molecule has 0 fully saturated rings. The molecule has 1 aromatic carbocycles. The predicted octanol–water partition coefficient (Wildman–Crippen LogP) is 3.12. The first-order valence-electron chi connectivity index (χ1n) is 7.49. The Balaban J connectivity index is 1.85. The number of anilines is 1. The molecule has 1 N–H and O–H groups in total. The Kier molecular flexibility index (Phi) is 4.26. The zero-order valence-electron chi connectivity index (χ0n) is 13.8. The van der Waals surface area contributed by atoms with Crippen molar-refractivity contribution in [2.24, 2.45) is 0 Å². The molecule has 0 saturated heterocycles. The van der Waals surface area contributed by atoms with Gasteiger partial charge in [0.2, 0.25) is 5.95 Å². The van der Waals surface area contributed by atoms with Gasteiger partial charge in [0.05, 0.1) is 23.8 Å². The minimum Gasteiger partial charge on any atom is -0.319 e. The monoisotopic (exact) mass is 343 g/mol. The van der Waals surface area contributed by atoms with Crippen molar-refractivity contribution in [3.05, 3.63) is 65.0 Å². The SMILES string of the molecule is Cc1nc(C)n(-c2ncc(NC(=O)c3c(F)cccc3F)cn2)c1C. The van der Waals surface area contributed by atoms with E-state index >= 15 is 0 Å². The van der Waals surface area contributed by atoms with Gasteiger partial charge in [-0.1, -0.05) is 6.07 Å². The smallest absolute Gasteiger partial charge is 0.261 e. The van der Waals surface area contributed by atoms with E-state index in [9.17, 15) is 13.6 Å². The number of aromatic nitrogens is 4. The second-order valence-electron chi connectivity index (χ2n) is 5.49. The van der Waals surface area contributed by atoms with Crippen molar-refractivity contribution in [1.82, 2.24) is 19.5 Å². The molecule has 2 heterocycles. The lowest BCUT2D eigenvalue weighted by Crippen LogP contribution is -2.16. The number of hydrogen-bond donors (Lipinski definition) is 1. The van der Waals surface area contributed by atoms with Crippen molar-refractivity contribution >= 4 is 11.6 Å². The van der Waals surface area contributed by atoms with Crippen molar-refractivity contribution in [1.29, 1.82) is 0 Å². The average Bonchev–Trinajstić information content (AvgIpc) is 2.81. The number of hydrogen-bond acceptors (Lipinski definition) is 4. The van der Waals surface area contributed by atoms with Gasteiger partial charge in [0.1, 0.15) is 23.0 Å². The molecule has 0 bridgehead atoms. The van der Waals surface area contributed by atoms with E-state index in [1.807, 2.05) is 20.8 Å². The van der Waals surface area contributed by atoms with E-state index in [0.717, 1.165) is 29.3 Å². The molecule has 0 aliphatic heterocycles. The van der Waals surface area contributed by atoms with Gasteiger partial charge >= 0.3 is 0 Å². The summed E-state index contributed by atoms with van der Waals surface area (Å²) in [4.78, 5) is 24.8. The number of amides is 1. The summed E-state index contributed by atoms with van der Waals surface area (Å²) < 4.78 is 29.1. The molecular weight excluding hydrogens is 328 g/mol. The summed E-state index contributed by atoms with van der Waals surface area (Å²) >= 11 is 0. The molecule has 3 rings (SSSR count). The third-order valence-electron chi connectivity index (χ3n) is 3.80. The largest absolute Gasteiger partial charge is 0.319 e. The summed E-state index contributed by atoms with van der Waals surface area (Å²) in [6, 6.07) is 3.23. The van der Waals surface area contributed by atoms with Crippen LogP contribution in [0.4, 0.5) is 14.5 Å². The number of carbonyl (C=O) groups excluding carboxylic acids is 1. The Morgan fingerprint density at radius 2 is 1.68 bits per heavy atom. The van der Waals surface area contributed by atoms with Crippen molar-refractivity contribution in [3.63, 3.8) is 0 Å². The molecule has 0 saturated carbocycles. The van der Waals surface area contributed by atoms with Crippen LogP contribution in [0.3, 0.4) is 0 Å². The summed E-state index contributed by atoms with van der Waals surface area (Å²) in [6.07, 6.45) is 2.74. The van der Waals surface area contributed by atoms with Gasteiger partial charge in [-0.05, 0) is 32.9 Å². The van der Waals surface area contributed by atoms with Crippen LogP contribution < -0.4 is 5.32 Å². The maximum absolute atomic E-state index is 13.6. The second-order valence-corrected chi connectivity index (χ2v) is 5.49. The summed E-state index contributed by atoms with van der Waals surface area (Å²) in [5.41, 5.74) is 1.35. The van der Waals surface area contributed by atoms with E-state index in [1.165, 1.54) is 18.5 Å². The minimum atomic E-state index is -0.935. The molecule has 0 unspecified atom stereocenters. The highest BCUT2D eigenvalue weighted by Gasteiger charge is 2.18. The van der Waals surface area contributed by atoms with Gasteiger partial charge in [-0.15, -0.1) is 0 Å². The third-order valence-corrected chi connectivity index (χ3v) is 3.80. The zero-order chi connectivity index (χ0) is 18.1. The van der Waals surface area contributed by atoms with Crippen LogP contribution in [0.15, 0.2) is 30.6 Å². The Labute approximate surface area is 142 Å².